The second-order valence-electron chi connectivity index (χ2n) is 6.82. The van der Waals surface area contributed by atoms with Gasteiger partial charge in [0.1, 0.15) is 10.2 Å². The van der Waals surface area contributed by atoms with E-state index in [1.54, 1.807) is 18.1 Å². The number of aryl methyl sites for hydroxylation is 1. The molecule has 0 saturated carbocycles. The van der Waals surface area contributed by atoms with E-state index in [2.05, 4.69) is 26.2 Å². The molecule has 26 heavy (non-hydrogen) atoms. The van der Waals surface area contributed by atoms with E-state index < -0.39 is 17.4 Å². The van der Waals surface area contributed by atoms with Crippen molar-refractivity contribution in [2.45, 2.75) is 31.9 Å². The molecule has 1 aromatic rings. The number of likely N-dealkylation sites (tertiary alicyclic amines) is 1. The average Bonchev–Trinajstić information content (AvgIpc) is 2.87. The van der Waals surface area contributed by atoms with Crippen LogP contribution in [0.4, 0.5) is 4.79 Å². The van der Waals surface area contributed by atoms with Crippen LogP contribution in [0.3, 0.4) is 0 Å². The van der Waals surface area contributed by atoms with Gasteiger partial charge < -0.3 is 19.9 Å². The summed E-state index contributed by atoms with van der Waals surface area (Å²) in [6.07, 6.45) is 2.41. The first-order chi connectivity index (χ1) is 12.3. The lowest BCUT2D eigenvalue weighted by atomic mass is 9.91. The lowest BCUT2D eigenvalue weighted by Gasteiger charge is -2.36. The van der Waals surface area contributed by atoms with Gasteiger partial charge in [0.25, 0.3) is 0 Å². The highest BCUT2D eigenvalue weighted by atomic mass is 79.9. The molecule has 8 nitrogen and oxygen atoms in total. The minimum absolute atomic E-state index is 0.247. The first kappa shape index (κ1) is 18.6. The SMILES string of the molecule is Cc1cc(Br)ncc1CNC(=O)C(=O)N1CCC2(CC1)CN(C)C(=O)O2. The number of carbonyl (C=O) groups is 3. The molecule has 1 N–H and O–H groups in total. The molecule has 0 bridgehead atoms. The Balaban J connectivity index is 1.52. The van der Waals surface area contributed by atoms with Crippen molar-refractivity contribution in [2.75, 3.05) is 26.7 Å². The zero-order chi connectivity index (χ0) is 18.9. The first-order valence-electron chi connectivity index (χ1n) is 8.42. The van der Waals surface area contributed by atoms with Gasteiger partial charge in [0.05, 0.1) is 6.54 Å². The van der Waals surface area contributed by atoms with Crippen LogP contribution >= 0.6 is 15.9 Å². The summed E-state index contributed by atoms with van der Waals surface area (Å²) in [5, 5.41) is 2.65. The van der Waals surface area contributed by atoms with E-state index in [-0.39, 0.29) is 12.6 Å². The fourth-order valence-electron chi connectivity index (χ4n) is 3.30. The average molecular weight is 425 g/mol. The van der Waals surface area contributed by atoms with E-state index in [1.165, 1.54) is 4.90 Å². The minimum atomic E-state index is -0.635. The van der Waals surface area contributed by atoms with Crippen molar-refractivity contribution in [3.05, 3.63) is 28.0 Å². The number of nitrogens with one attached hydrogen (secondary N) is 1. The standard InChI is InChI=1S/C17H21BrN4O4/c1-11-7-13(18)19-8-12(11)9-20-14(23)15(24)22-5-3-17(4-6-22)10-21(2)16(25)26-17/h7-8H,3-6,9-10H2,1-2H3,(H,20,23). The molecular formula is C17H21BrN4O4. The summed E-state index contributed by atoms with van der Waals surface area (Å²) >= 11 is 3.29. The molecule has 140 valence electrons. The number of pyridine rings is 1. The number of nitrogens with zero attached hydrogens (tertiary/aromatic N) is 3. The summed E-state index contributed by atoms with van der Waals surface area (Å²) in [5.74, 6) is -1.19. The maximum atomic E-state index is 12.4. The largest absolute Gasteiger partial charge is 0.441 e. The van der Waals surface area contributed by atoms with E-state index in [0.717, 1.165) is 15.7 Å². The number of hydrogen-bond acceptors (Lipinski definition) is 5. The van der Waals surface area contributed by atoms with Crippen LogP contribution in [0.2, 0.25) is 0 Å². The van der Waals surface area contributed by atoms with Gasteiger partial charge >= 0.3 is 17.9 Å². The predicted octanol–water partition coefficient (Wildman–Crippen LogP) is 1.21. The monoisotopic (exact) mass is 424 g/mol. The number of aromatic nitrogens is 1. The number of carbonyl (C=O) groups excluding carboxylic acids is 3. The second kappa shape index (κ2) is 7.22. The summed E-state index contributed by atoms with van der Waals surface area (Å²) < 4.78 is 6.18. The van der Waals surface area contributed by atoms with E-state index >= 15 is 0 Å². The lowest BCUT2D eigenvalue weighted by Crippen LogP contribution is -2.52. The normalized spacial score (nSPS) is 18.8. The van der Waals surface area contributed by atoms with Crippen molar-refractivity contribution < 1.29 is 19.1 Å². The Morgan fingerprint density at radius 2 is 2.08 bits per heavy atom. The van der Waals surface area contributed by atoms with Gasteiger partial charge in [0, 0.05) is 45.7 Å². The van der Waals surface area contributed by atoms with Gasteiger partial charge in [-0.25, -0.2) is 9.78 Å². The number of amides is 3. The van der Waals surface area contributed by atoms with Crippen molar-refractivity contribution in [3.8, 4) is 0 Å². The summed E-state index contributed by atoms with van der Waals surface area (Å²) in [6, 6.07) is 1.85. The Morgan fingerprint density at radius 3 is 2.65 bits per heavy atom. The molecule has 2 aliphatic rings. The van der Waals surface area contributed by atoms with E-state index in [0.29, 0.717) is 32.5 Å². The van der Waals surface area contributed by atoms with E-state index in [4.69, 9.17) is 4.74 Å². The van der Waals surface area contributed by atoms with Crippen LogP contribution in [0.25, 0.3) is 0 Å². The Kier molecular flexibility index (Phi) is 5.17. The van der Waals surface area contributed by atoms with Gasteiger partial charge in [-0.05, 0) is 40.0 Å². The fraction of sp³-hybridized carbons (Fsp3) is 0.529. The number of halogens is 1. The molecule has 2 saturated heterocycles. The van der Waals surface area contributed by atoms with Crippen LogP contribution in [0.5, 0.6) is 0 Å². The van der Waals surface area contributed by atoms with Crippen molar-refractivity contribution in [2.24, 2.45) is 0 Å². The molecule has 2 aliphatic heterocycles. The number of likely N-dealkylation sites (N-methyl/N-ethyl adjacent to an activating group) is 1. The first-order valence-corrected chi connectivity index (χ1v) is 9.21. The second-order valence-corrected chi connectivity index (χ2v) is 7.63. The Hall–Kier alpha value is -2.16. The molecule has 3 heterocycles. The number of rotatable bonds is 2. The molecule has 0 unspecified atom stereocenters. The van der Waals surface area contributed by atoms with Gasteiger partial charge in [-0.1, -0.05) is 0 Å². The van der Waals surface area contributed by atoms with Crippen LogP contribution in [-0.4, -0.2) is 65.0 Å². The highest BCUT2D eigenvalue weighted by Gasteiger charge is 2.46. The maximum absolute atomic E-state index is 12.4. The minimum Gasteiger partial charge on any atom is -0.441 e. The maximum Gasteiger partial charge on any atom is 0.410 e. The Labute approximate surface area is 160 Å². The van der Waals surface area contributed by atoms with Gasteiger partial charge in [-0.15, -0.1) is 0 Å². The summed E-state index contributed by atoms with van der Waals surface area (Å²) in [4.78, 5) is 43.3. The number of ether oxygens (including phenoxy) is 1. The third-order valence-corrected chi connectivity index (χ3v) is 5.36. The zero-order valence-corrected chi connectivity index (χ0v) is 16.3. The third kappa shape index (κ3) is 3.82. The molecule has 0 atom stereocenters. The summed E-state index contributed by atoms with van der Waals surface area (Å²) in [5.41, 5.74) is 1.30. The molecular weight excluding hydrogens is 404 g/mol. The third-order valence-electron chi connectivity index (χ3n) is 4.92. The topological polar surface area (TPSA) is 91.8 Å². The van der Waals surface area contributed by atoms with Gasteiger partial charge in [0.2, 0.25) is 0 Å². The quantitative estimate of drug-likeness (QED) is 0.568. The van der Waals surface area contributed by atoms with Gasteiger partial charge in [-0.3, -0.25) is 9.59 Å². The van der Waals surface area contributed by atoms with Crippen molar-refractivity contribution in [1.29, 1.82) is 0 Å². The Morgan fingerprint density at radius 1 is 1.38 bits per heavy atom. The summed E-state index contributed by atoms with van der Waals surface area (Å²) in [6.45, 7) is 3.48. The van der Waals surface area contributed by atoms with Crippen LogP contribution < -0.4 is 5.32 Å². The lowest BCUT2D eigenvalue weighted by molar-refractivity contribution is -0.148. The van der Waals surface area contributed by atoms with Crippen molar-refractivity contribution >= 4 is 33.8 Å². The molecule has 3 amide bonds. The van der Waals surface area contributed by atoms with Crippen LogP contribution in [0, 0.1) is 6.92 Å². The summed E-state index contributed by atoms with van der Waals surface area (Å²) in [7, 11) is 1.70. The molecule has 1 spiro atoms. The Bertz CT molecular complexity index is 746. The molecule has 3 rings (SSSR count). The highest BCUT2D eigenvalue weighted by Crippen LogP contribution is 2.32. The smallest absolute Gasteiger partial charge is 0.410 e. The van der Waals surface area contributed by atoms with E-state index in [9.17, 15) is 14.4 Å². The number of piperidine rings is 1. The van der Waals surface area contributed by atoms with Gasteiger partial charge in [-0.2, -0.15) is 0 Å². The van der Waals surface area contributed by atoms with Crippen LogP contribution in [0.15, 0.2) is 16.9 Å². The van der Waals surface area contributed by atoms with Crippen LogP contribution in [0.1, 0.15) is 24.0 Å². The van der Waals surface area contributed by atoms with E-state index in [1.807, 2.05) is 13.0 Å². The molecule has 1 aromatic heterocycles. The molecule has 0 aliphatic carbocycles. The van der Waals surface area contributed by atoms with Crippen molar-refractivity contribution in [3.63, 3.8) is 0 Å². The molecule has 2 fully saturated rings. The van der Waals surface area contributed by atoms with Crippen molar-refractivity contribution in [1.82, 2.24) is 20.1 Å². The van der Waals surface area contributed by atoms with Gasteiger partial charge in [0.15, 0.2) is 0 Å². The fourth-order valence-corrected chi connectivity index (χ4v) is 3.75. The number of hydrogen-bond donors (Lipinski definition) is 1. The highest BCUT2D eigenvalue weighted by molar-refractivity contribution is 9.10. The van der Waals surface area contributed by atoms with Crippen LogP contribution in [-0.2, 0) is 20.9 Å². The zero-order valence-electron chi connectivity index (χ0n) is 14.7. The molecule has 0 radical (unpaired) electrons. The molecule has 9 heteroatoms. The molecule has 0 aromatic carbocycles. The predicted molar refractivity (Wildman–Crippen MR) is 96.2 cm³/mol.